The number of rotatable bonds is 6. The highest BCUT2D eigenvalue weighted by Gasteiger charge is 2.46. The summed E-state index contributed by atoms with van der Waals surface area (Å²) in [4.78, 5) is 35.4. The lowest BCUT2D eigenvalue weighted by Gasteiger charge is -2.45. The Kier molecular flexibility index (Phi) is 7.63. The number of nitrogens with one attached hydrogen (secondary N) is 1. The van der Waals surface area contributed by atoms with Crippen LogP contribution in [0.3, 0.4) is 0 Å². The molecule has 1 aliphatic carbocycles. The van der Waals surface area contributed by atoms with Crippen molar-refractivity contribution in [3.8, 4) is 6.19 Å². The predicted octanol–water partition coefficient (Wildman–Crippen LogP) is 4.70. The molecule has 1 aromatic heterocycles. The van der Waals surface area contributed by atoms with Crippen LogP contribution in [0.15, 0.2) is 48.8 Å². The molecule has 1 aliphatic heterocycles. The second kappa shape index (κ2) is 10.7. The number of amides is 2. The molecule has 2 fully saturated rings. The molecule has 1 aromatic carbocycles. The first-order valence-corrected chi connectivity index (χ1v) is 13.0. The number of likely N-dealkylation sites (tertiary alicyclic amines) is 1. The third-order valence-corrected chi connectivity index (χ3v) is 7.45. The Morgan fingerprint density at radius 2 is 1.83 bits per heavy atom. The summed E-state index contributed by atoms with van der Waals surface area (Å²) in [6.45, 7) is 8.93. The van der Waals surface area contributed by atoms with E-state index in [4.69, 9.17) is 0 Å². The highest BCUT2D eigenvalue weighted by Crippen LogP contribution is 2.35. The van der Waals surface area contributed by atoms with Gasteiger partial charge in [0.15, 0.2) is 6.19 Å². The lowest BCUT2D eigenvalue weighted by molar-refractivity contribution is -0.133. The first-order chi connectivity index (χ1) is 17.2. The largest absolute Gasteiger partial charge is 0.351 e. The van der Waals surface area contributed by atoms with Crippen molar-refractivity contribution in [2.24, 2.45) is 5.92 Å². The highest BCUT2D eigenvalue weighted by atomic mass is 16.2. The van der Waals surface area contributed by atoms with E-state index < -0.39 is 12.1 Å². The molecule has 7 nitrogen and oxygen atoms in total. The van der Waals surface area contributed by atoms with Crippen LogP contribution >= 0.6 is 0 Å². The molecule has 2 aromatic rings. The third kappa shape index (κ3) is 5.38. The smallest absolute Gasteiger partial charge is 0.251 e. The average molecular weight is 488 g/mol. The molecular formula is C29H37N5O2. The number of nitrogens with zero attached hydrogens (tertiary/aromatic N) is 4. The Balaban J connectivity index is 1.77. The molecule has 0 spiro atoms. The molecule has 0 bridgehead atoms. The molecule has 2 amide bonds. The zero-order valence-corrected chi connectivity index (χ0v) is 21.8. The minimum atomic E-state index is -0.887. The van der Waals surface area contributed by atoms with Gasteiger partial charge in [-0.25, -0.2) is 0 Å². The summed E-state index contributed by atoms with van der Waals surface area (Å²) in [5.41, 5.74) is 2.38. The van der Waals surface area contributed by atoms with Crippen molar-refractivity contribution in [2.45, 2.75) is 83.3 Å². The van der Waals surface area contributed by atoms with Crippen molar-refractivity contribution in [3.63, 3.8) is 0 Å². The van der Waals surface area contributed by atoms with E-state index in [1.807, 2.05) is 37.3 Å². The van der Waals surface area contributed by atoms with Crippen LogP contribution in [0.5, 0.6) is 0 Å². The number of aromatic nitrogens is 1. The Morgan fingerprint density at radius 3 is 2.39 bits per heavy atom. The SMILES string of the molecule is CC1CN(C#N)C1C(=O)N(c1ccc(C(C)(C)C)cc1)C(C(=O)NC1CCCCC1)c1cccnc1. The van der Waals surface area contributed by atoms with Crippen LogP contribution in [-0.4, -0.2) is 40.3 Å². The number of anilines is 1. The van der Waals surface area contributed by atoms with Gasteiger partial charge >= 0.3 is 0 Å². The average Bonchev–Trinajstić information content (AvgIpc) is 2.86. The maximum Gasteiger partial charge on any atom is 0.251 e. The molecule has 7 heteroatoms. The standard InChI is InChI=1S/C29H37N5O2/c1-20-18-33(19-30)25(20)28(36)34(24-14-12-22(13-15-24)29(2,3)4)26(21-9-8-16-31-17-21)27(35)32-23-10-6-5-7-11-23/h8-9,12-17,20,23,25-26H,5-7,10-11,18H2,1-4H3,(H,32,35). The molecule has 36 heavy (non-hydrogen) atoms. The van der Waals surface area contributed by atoms with Gasteiger partial charge in [-0.2, -0.15) is 5.26 Å². The molecule has 2 aliphatic rings. The molecule has 190 valence electrons. The first-order valence-electron chi connectivity index (χ1n) is 13.0. The van der Waals surface area contributed by atoms with Gasteiger partial charge in [0.1, 0.15) is 12.1 Å². The lowest BCUT2D eigenvalue weighted by Crippen LogP contribution is -2.62. The molecule has 1 saturated carbocycles. The number of hydrogen-bond donors (Lipinski definition) is 1. The number of benzene rings is 1. The van der Waals surface area contributed by atoms with Gasteiger partial charge in [-0.1, -0.05) is 65.2 Å². The molecule has 4 rings (SSSR count). The van der Waals surface area contributed by atoms with Crippen molar-refractivity contribution in [3.05, 3.63) is 59.9 Å². The number of carbonyl (C=O) groups excluding carboxylic acids is 2. The summed E-state index contributed by atoms with van der Waals surface area (Å²) in [6, 6.07) is 10.1. The maximum absolute atomic E-state index is 14.1. The second-order valence-corrected chi connectivity index (χ2v) is 11.2. The molecule has 3 atom stereocenters. The van der Waals surface area contributed by atoms with Gasteiger partial charge in [0.25, 0.3) is 5.91 Å². The highest BCUT2D eigenvalue weighted by molar-refractivity contribution is 6.04. The van der Waals surface area contributed by atoms with Crippen molar-refractivity contribution >= 4 is 17.5 Å². The quantitative estimate of drug-likeness (QED) is 0.597. The zero-order chi connectivity index (χ0) is 25.9. The van der Waals surface area contributed by atoms with Gasteiger partial charge in [0.05, 0.1) is 0 Å². The predicted molar refractivity (Wildman–Crippen MR) is 140 cm³/mol. The van der Waals surface area contributed by atoms with Crippen LogP contribution in [0, 0.1) is 17.4 Å². The molecular weight excluding hydrogens is 450 g/mol. The van der Waals surface area contributed by atoms with Crippen LogP contribution in [0.25, 0.3) is 0 Å². The fourth-order valence-corrected chi connectivity index (χ4v) is 5.32. The van der Waals surface area contributed by atoms with Gasteiger partial charge < -0.3 is 5.32 Å². The summed E-state index contributed by atoms with van der Waals surface area (Å²) in [7, 11) is 0. The molecule has 3 unspecified atom stereocenters. The molecule has 2 heterocycles. The van der Waals surface area contributed by atoms with Gasteiger partial charge in [-0.05, 0) is 42.0 Å². The van der Waals surface area contributed by atoms with Crippen LogP contribution in [0.1, 0.15) is 77.0 Å². The van der Waals surface area contributed by atoms with Crippen LogP contribution in [0.2, 0.25) is 0 Å². The second-order valence-electron chi connectivity index (χ2n) is 11.2. The van der Waals surface area contributed by atoms with Gasteiger partial charge in [-0.15, -0.1) is 0 Å². The van der Waals surface area contributed by atoms with E-state index in [-0.39, 0.29) is 29.2 Å². The normalized spacial score (nSPS) is 21.1. The summed E-state index contributed by atoms with van der Waals surface area (Å²) in [6.07, 6.45) is 10.7. The van der Waals surface area contributed by atoms with Crippen LogP contribution in [-0.2, 0) is 15.0 Å². The first kappa shape index (κ1) is 25.7. The Morgan fingerprint density at radius 1 is 1.14 bits per heavy atom. The van der Waals surface area contributed by atoms with Gasteiger partial charge in [-0.3, -0.25) is 24.4 Å². The topological polar surface area (TPSA) is 89.3 Å². The van der Waals surface area contributed by atoms with E-state index in [1.54, 1.807) is 23.4 Å². The Bertz CT molecular complexity index is 1100. The fourth-order valence-electron chi connectivity index (χ4n) is 5.32. The number of pyridine rings is 1. The molecule has 0 radical (unpaired) electrons. The number of hydrogen-bond acceptors (Lipinski definition) is 5. The van der Waals surface area contributed by atoms with Crippen LogP contribution in [0.4, 0.5) is 5.69 Å². The van der Waals surface area contributed by atoms with Crippen molar-refractivity contribution in [1.29, 1.82) is 5.26 Å². The van der Waals surface area contributed by atoms with Crippen molar-refractivity contribution < 1.29 is 9.59 Å². The summed E-state index contributed by atoms with van der Waals surface area (Å²) in [5.74, 6) is -0.436. The van der Waals surface area contributed by atoms with E-state index in [0.29, 0.717) is 17.8 Å². The third-order valence-electron chi connectivity index (χ3n) is 7.45. The Hall–Kier alpha value is -3.40. The van der Waals surface area contributed by atoms with Gasteiger partial charge in [0.2, 0.25) is 5.91 Å². The number of nitriles is 1. The summed E-state index contributed by atoms with van der Waals surface area (Å²) in [5, 5.41) is 12.8. The minimum Gasteiger partial charge on any atom is -0.351 e. The summed E-state index contributed by atoms with van der Waals surface area (Å²) < 4.78 is 0. The van der Waals surface area contributed by atoms with E-state index in [0.717, 1.165) is 31.2 Å². The maximum atomic E-state index is 14.1. The molecule has 1 saturated heterocycles. The zero-order valence-electron chi connectivity index (χ0n) is 21.8. The minimum absolute atomic E-state index is 0.0180. The summed E-state index contributed by atoms with van der Waals surface area (Å²) >= 11 is 0. The molecule has 1 N–H and O–H groups in total. The van der Waals surface area contributed by atoms with Crippen molar-refractivity contribution in [1.82, 2.24) is 15.2 Å². The lowest BCUT2D eigenvalue weighted by atomic mass is 9.86. The van der Waals surface area contributed by atoms with E-state index >= 15 is 0 Å². The van der Waals surface area contributed by atoms with E-state index in [2.05, 4.69) is 37.3 Å². The Labute approximate surface area is 214 Å². The van der Waals surface area contributed by atoms with Crippen molar-refractivity contribution in [2.75, 3.05) is 11.4 Å². The number of carbonyl (C=O) groups is 2. The monoisotopic (exact) mass is 487 g/mol. The van der Waals surface area contributed by atoms with E-state index in [1.165, 1.54) is 11.3 Å². The van der Waals surface area contributed by atoms with Gasteiger partial charge in [0, 0.05) is 42.1 Å². The fraction of sp³-hybridized carbons (Fsp3) is 0.517. The van der Waals surface area contributed by atoms with Crippen LogP contribution < -0.4 is 10.2 Å². The van der Waals surface area contributed by atoms with E-state index in [9.17, 15) is 14.9 Å².